The van der Waals surface area contributed by atoms with Crippen molar-refractivity contribution >= 4 is 16.5 Å². The van der Waals surface area contributed by atoms with Gasteiger partial charge in [-0.2, -0.15) is 19.2 Å². The van der Waals surface area contributed by atoms with Crippen LogP contribution >= 0.6 is 0 Å². The first-order valence-electron chi connectivity index (χ1n) is 10.6. The van der Waals surface area contributed by atoms with Crippen LogP contribution in [0.15, 0.2) is 53.3 Å². The molecule has 1 aliphatic rings. The maximum atomic E-state index is 11.9. The number of nitrogens with one attached hydrogen (secondary N) is 1. The molecule has 0 atom stereocenters. The molecular weight excluding hydrogens is 446 g/mol. The minimum Gasteiger partial charge on any atom is -0.668 e. The van der Waals surface area contributed by atoms with Gasteiger partial charge in [-0.1, -0.05) is 57.0 Å². The van der Waals surface area contributed by atoms with Crippen LogP contribution in [-0.2, 0) is 0 Å². The molecular formula is C24H33N4ORb. The molecule has 4 rings (SSSR count). The molecule has 0 aliphatic carbocycles. The summed E-state index contributed by atoms with van der Waals surface area (Å²) in [6.07, 6.45) is 5.21. The zero-order chi connectivity index (χ0) is 21.1. The average Bonchev–Trinajstić information content (AvgIpc) is 3.06. The predicted octanol–water partition coefficient (Wildman–Crippen LogP) is 2.62. The molecule has 1 fully saturated rings. The number of H-pyrrole nitrogens is 1. The average molecular weight is 479 g/mol. The molecule has 6 heteroatoms. The van der Waals surface area contributed by atoms with Gasteiger partial charge in [0.15, 0.2) is 0 Å². The zero-order valence-electron chi connectivity index (χ0n) is 19.1. The van der Waals surface area contributed by atoms with Crippen molar-refractivity contribution in [3.8, 4) is 11.3 Å². The van der Waals surface area contributed by atoms with E-state index in [0.29, 0.717) is 5.39 Å². The fourth-order valence-electron chi connectivity index (χ4n) is 3.49. The fourth-order valence-corrected chi connectivity index (χ4v) is 3.49. The molecule has 1 N–H and O–H groups in total. The number of rotatable bonds is 2. The normalized spacial score (nSPS) is 13.1. The molecule has 0 amide bonds. The third-order valence-electron chi connectivity index (χ3n) is 4.81. The summed E-state index contributed by atoms with van der Waals surface area (Å²) >= 11 is 0. The van der Waals surface area contributed by atoms with Crippen molar-refractivity contribution in [2.24, 2.45) is 0 Å². The van der Waals surface area contributed by atoms with Gasteiger partial charge in [0.05, 0.1) is 11.1 Å². The first-order valence-corrected chi connectivity index (χ1v) is 10.6. The molecule has 0 radical (unpaired) electrons. The van der Waals surface area contributed by atoms with Crippen LogP contribution in [0.1, 0.15) is 39.5 Å². The summed E-state index contributed by atoms with van der Waals surface area (Å²) in [5, 5.41) is 12.0. The standard InChI is InChI=1S/C20H21N3O.C2H6N.C2H6.Rb/c24-20-18-8-4-3-7-17(18)19(21-22-20)15-9-11-16(12-10-15)23-13-5-1-2-6-14-23;1-3-2;1-2;/h3-4,7-12H,1-2,5-6,13-14H2,(H,22,24);1-2H3;1-2H3;/q;-1;;+1. The summed E-state index contributed by atoms with van der Waals surface area (Å²) in [6.45, 7) is 6.28. The second kappa shape index (κ2) is 15.0. The van der Waals surface area contributed by atoms with Crippen LogP contribution < -0.4 is 68.6 Å². The summed E-state index contributed by atoms with van der Waals surface area (Å²) in [5.41, 5.74) is 2.98. The van der Waals surface area contributed by atoms with Crippen LogP contribution in [0.25, 0.3) is 27.3 Å². The summed E-state index contributed by atoms with van der Waals surface area (Å²) in [6, 6.07) is 16.2. The van der Waals surface area contributed by atoms with Gasteiger partial charge in [0, 0.05) is 29.7 Å². The Morgan fingerprint density at radius 1 is 0.867 bits per heavy atom. The molecule has 2 aromatic carbocycles. The van der Waals surface area contributed by atoms with Gasteiger partial charge < -0.3 is 10.2 Å². The van der Waals surface area contributed by atoms with Gasteiger partial charge in [0.25, 0.3) is 5.56 Å². The van der Waals surface area contributed by atoms with Gasteiger partial charge in [-0.05, 0) is 31.0 Å². The molecule has 2 heterocycles. The third-order valence-corrected chi connectivity index (χ3v) is 4.81. The van der Waals surface area contributed by atoms with E-state index in [2.05, 4.69) is 44.7 Å². The zero-order valence-corrected chi connectivity index (χ0v) is 24.0. The molecule has 3 aromatic rings. The predicted molar refractivity (Wildman–Crippen MR) is 125 cm³/mol. The van der Waals surface area contributed by atoms with Crippen LogP contribution in [0, 0.1) is 0 Å². The number of nitrogens with zero attached hydrogens (tertiary/aromatic N) is 3. The van der Waals surface area contributed by atoms with E-state index in [1.54, 1.807) is 14.1 Å². The van der Waals surface area contributed by atoms with E-state index in [-0.39, 0.29) is 63.7 Å². The number of benzene rings is 2. The molecule has 0 unspecified atom stereocenters. The third kappa shape index (κ3) is 7.38. The molecule has 156 valence electrons. The topological polar surface area (TPSA) is 63.1 Å². The molecule has 1 aliphatic heterocycles. The molecule has 0 saturated carbocycles. The maximum Gasteiger partial charge on any atom is 1.00 e. The van der Waals surface area contributed by atoms with E-state index in [1.807, 2.05) is 38.1 Å². The fraction of sp³-hybridized carbons (Fsp3) is 0.417. The number of anilines is 1. The maximum absolute atomic E-state index is 11.9. The summed E-state index contributed by atoms with van der Waals surface area (Å²) in [4.78, 5) is 14.4. The Morgan fingerprint density at radius 2 is 1.40 bits per heavy atom. The van der Waals surface area contributed by atoms with Gasteiger partial charge in [-0.3, -0.25) is 4.79 Å². The molecule has 30 heavy (non-hydrogen) atoms. The van der Waals surface area contributed by atoms with Crippen LogP contribution in [0.2, 0.25) is 0 Å². The molecule has 0 spiro atoms. The molecule has 5 nitrogen and oxygen atoms in total. The minimum atomic E-state index is -0.143. The number of aromatic amines is 1. The van der Waals surface area contributed by atoms with Crippen molar-refractivity contribution in [3.05, 3.63) is 64.2 Å². The second-order valence-electron chi connectivity index (χ2n) is 6.84. The van der Waals surface area contributed by atoms with Gasteiger partial charge in [-0.15, -0.1) is 0 Å². The Morgan fingerprint density at radius 3 is 1.97 bits per heavy atom. The minimum absolute atomic E-state index is 0. The number of fused-ring (bicyclic) bond motifs is 1. The molecule has 1 saturated heterocycles. The summed E-state index contributed by atoms with van der Waals surface area (Å²) in [7, 11) is 3.50. The van der Waals surface area contributed by atoms with E-state index in [4.69, 9.17) is 0 Å². The number of hydrogen-bond donors (Lipinski definition) is 1. The van der Waals surface area contributed by atoms with Crippen molar-refractivity contribution < 1.29 is 58.2 Å². The Bertz CT molecular complexity index is 916. The van der Waals surface area contributed by atoms with E-state index >= 15 is 0 Å². The van der Waals surface area contributed by atoms with E-state index in [0.717, 1.165) is 29.7 Å². The van der Waals surface area contributed by atoms with Crippen LogP contribution in [-0.4, -0.2) is 37.4 Å². The van der Waals surface area contributed by atoms with Crippen molar-refractivity contribution in [2.45, 2.75) is 39.5 Å². The Balaban J connectivity index is 0.000000691. The summed E-state index contributed by atoms with van der Waals surface area (Å²) in [5.74, 6) is 0. The van der Waals surface area contributed by atoms with E-state index in [9.17, 15) is 4.79 Å². The Kier molecular flexibility index (Phi) is 13.6. The molecule has 1 aromatic heterocycles. The first kappa shape index (κ1) is 27.2. The smallest absolute Gasteiger partial charge is 0.668 e. The number of aromatic nitrogens is 2. The van der Waals surface area contributed by atoms with Crippen molar-refractivity contribution in [2.75, 3.05) is 32.1 Å². The van der Waals surface area contributed by atoms with Gasteiger partial charge >= 0.3 is 58.2 Å². The second-order valence-corrected chi connectivity index (χ2v) is 6.84. The SMILES string of the molecule is CC.C[N-]C.O=c1[nH]nc(-c2ccc(N3CCCCCC3)cc2)c2ccccc12.[Rb+]. The monoisotopic (exact) mass is 478 g/mol. The Hall–Kier alpha value is -0.855. The van der Waals surface area contributed by atoms with E-state index < -0.39 is 0 Å². The van der Waals surface area contributed by atoms with Crippen LogP contribution in [0.3, 0.4) is 0 Å². The number of hydrogen-bond acceptors (Lipinski definition) is 3. The van der Waals surface area contributed by atoms with Crippen molar-refractivity contribution in [1.29, 1.82) is 0 Å². The van der Waals surface area contributed by atoms with Crippen molar-refractivity contribution in [3.63, 3.8) is 0 Å². The largest absolute Gasteiger partial charge is 1.00 e. The van der Waals surface area contributed by atoms with Gasteiger partial charge in [0.1, 0.15) is 0 Å². The van der Waals surface area contributed by atoms with Gasteiger partial charge in [0.2, 0.25) is 0 Å². The quantitative estimate of drug-likeness (QED) is 0.616. The van der Waals surface area contributed by atoms with Gasteiger partial charge in [-0.25, -0.2) is 5.10 Å². The van der Waals surface area contributed by atoms with Crippen molar-refractivity contribution in [1.82, 2.24) is 10.2 Å². The molecule has 0 bridgehead atoms. The van der Waals surface area contributed by atoms with E-state index in [1.165, 1.54) is 31.4 Å². The first-order chi connectivity index (χ1) is 14.2. The summed E-state index contributed by atoms with van der Waals surface area (Å²) < 4.78 is 0. The van der Waals surface area contributed by atoms with Crippen LogP contribution in [0.5, 0.6) is 0 Å². The van der Waals surface area contributed by atoms with Crippen LogP contribution in [0.4, 0.5) is 5.69 Å². The Labute approximate surface area is 229 Å².